The minimum Gasteiger partial charge on any atom is -0.378 e. The Kier molecular flexibility index (Phi) is 6.75. The van der Waals surface area contributed by atoms with Gasteiger partial charge in [-0.05, 0) is 31.5 Å². The van der Waals surface area contributed by atoms with E-state index < -0.39 is 0 Å². The summed E-state index contributed by atoms with van der Waals surface area (Å²) in [5.74, 6) is -0.0435. The summed E-state index contributed by atoms with van der Waals surface area (Å²) >= 11 is 1.72. The van der Waals surface area contributed by atoms with Gasteiger partial charge in [-0.3, -0.25) is 4.79 Å². The molecular weight excluding hydrogens is 408 g/mol. The topological polar surface area (TPSA) is 73.4 Å². The Balaban J connectivity index is 1.93. The van der Waals surface area contributed by atoms with Crippen molar-refractivity contribution in [2.45, 2.75) is 18.1 Å². The molecule has 2 aliphatic rings. The second-order valence-corrected chi connectivity index (χ2v) is 8.73. The van der Waals surface area contributed by atoms with Crippen LogP contribution < -0.4 is 5.73 Å². The summed E-state index contributed by atoms with van der Waals surface area (Å²) < 4.78 is 7.33. The molecule has 1 atom stereocenters. The summed E-state index contributed by atoms with van der Waals surface area (Å²) in [6.07, 6.45) is 5.43. The molecule has 4 rings (SSSR count). The highest BCUT2D eigenvalue weighted by atomic mass is 32.2. The summed E-state index contributed by atoms with van der Waals surface area (Å²) in [4.78, 5) is 16.5. The predicted molar refractivity (Wildman–Crippen MR) is 126 cm³/mol. The van der Waals surface area contributed by atoms with E-state index in [-0.39, 0.29) is 11.2 Å². The van der Waals surface area contributed by atoms with E-state index in [1.54, 1.807) is 11.8 Å². The highest BCUT2D eigenvalue weighted by molar-refractivity contribution is 8.03. The summed E-state index contributed by atoms with van der Waals surface area (Å²) in [7, 11) is 0. The molecule has 1 unspecified atom stereocenters. The van der Waals surface area contributed by atoms with Gasteiger partial charge in [0.2, 0.25) is 0 Å². The molecule has 0 saturated carbocycles. The molecule has 3 heterocycles. The second-order valence-electron chi connectivity index (χ2n) is 7.49. The van der Waals surface area contributed by atoms with Gasteiger partial charge in [0, 0.05) is 34.4 Å². The summed E-state index contributed by atoms with van der Waals surface area (Å²) in [6.45, 7) is 10.9. The van der Waals surface area contributed by atoms with Crippen molar-refractivity contribution < 1.29 is 9.53 Å². The maximum absolute atomic E-state index is 13.6. The lowest BCUT2D eigenvalue weighted by atomic mass is 9.98. The highest BCUT2D eigenvalue weighted by Crippen LogP contribution is 2.50. The average Bonchev–Trinajstić information content (AvgIpc) is 3.23. The number of aromatic nitrogens is 2. The van der Waals surface area contributed by atoms with Crippen LogP contribution in [0.4, 0.5) is 0 Å². The largest absolute Gasteiger partial charge is 0.378 e. The van der Waals surface area contributed by atoms with E-state index in [2.05, 4.69) is 13.2 Å². The minimum absolute atomic E-state index is 0.0435. The van der Waals surface area contributed by atoms with Crippen LogP contribution in [0.1, 0.15) is 39.8 Å². The zero-order valence-electron chi connectivity index (χ0n) is 17.6. The fraction of sp³-hybridized carbons (Fsp3) is 0.333. The molecule has 1 saturated heterocycles. The first-order valence-corrected chi connectivity index (χ1v) is 11.5. The number of fused-ring (bicyclic) bond motifs is 1. The third kappa shape index (κ3) is 4.13. The number of carbonyl (C=O) groups is 1. The van der Waals surface area contributed by atoms with Crippen LogP contribution in [0.25, 0.3) is 11.3 Å². The van der Waals surface area contributed by atoms with Crippen LogP contribution in [-0.4, -0.2) is 53.4 Å². The summed E-state index contributed by atoms with van der Waals surface area (Å²) in [5, 5.41) is 4.96. The molecule has 2 aromatic rings. The van der Waals surface area contributed by atoms with Crippen LogP contribution in [0.5, 0.6) is 0 Å². The van der Waals surface area contributed by atoms with Crippen LogP contribution >= 0.6 is 11.8 Å². The van der Waals surface area contributed by atoms with Crippen molar-refractivity contribution in [2.24, 2.45) is 5.73 Å². The van der Waals surface area contributed by atoms with Crippen molar-refractivity contribution in [2.75, 3.05) is 32.8 Å². The van der Waals surface area contributed by atoms with Gasteiger partial charge in [0.25, 0.3) is 5.91 Å². The number of para-hydroxylation sites is 1. The van der Waals surface area contributed by atoms with Crippen LogP contribution in [-0.2, 0) is 4.74 Å². The summed E-state index contributed by atoms with van der Waals surface area (Å²) in [6, 6.07) is 9.92. The minimum atomic E-state index is -0.0435. The average molecular weight is 437 g/mol. The maximum Gasteiger partial charge on any atom is 0.274 e. The van der Waals surface area contributed by atoms with Gasteiger partial charge in [-0.25, -0.2) is 4.68 Å². The van der Waals surface area contributed by atoms with E-state index in [1.807, 2.05) is 52.1 Å². The molecule has 0 bridgehead atoms. The number of ether oxygens (including phenoxy) is 1. The Labute approximate surface area is 187 Å². The van der Waals surface area contributed by atoms with Crippen LogP contribution in [0.15, 0.2) is 60.5 Å². The third-order valence-electron chi connectivity index (χ3n) is 5.60. The molecule has 31 heavy (non-hydrogen) atoms. The fourth-order valence-corrected chi connectivity index (χ4v) is 5.41. The van der Waals surface area contributed by atoms with Gasteiger partial charge in [0.1, 0.15) is 0 Å². The number of carbonyl (C=O) groups excluding carboxylic acids is 1. The number of thioether (sulfide) groups is 1. The number of hydrogen-bond acceptors (Lipinski definition) is 5. The van der Waals surface area contributed by atoms with Gasteiger partial charge >= 0.3 is 0 Å². The van der Waals surface area contributed by atoms with Gasteiger partial charge in [-0.2, -0.15) is 5.10 Å². The van der Waals surface area contributed by atoms with Gasteiger partial charge in [0.05, 0.1) is 24.6 Å². The molecule has 0 spiro atoms. The first kappa shape index (κ1) is 21.6. The lowest BCUT2D eigenvalue weighted by Crippen LogP contribution is -2.41. The Bertz CT molecular complexity index is 1010. The SMILES string of the molecule is C=CC1=C(C=C)c2c(c(C(=O)N3CCOCC3)nn2-c2ccccc2)C(CCCN)S1. The quantitative estimate of drug-likeness (QED) is 0.711. The van der Waals surface area contributed by atoms with Gasteiger partial charge < -0.3 is 15.4 Å². The smallest absolute Gasteiger partial charge is 0.274 e. The van der Waals surface area contributed by atoms with Crippen molar-refractivity contribution in [3.8, 4) is 5.69 Å². The van der Waals surface area contributed by atoms with E-state index >= 15 is 0 Å². The molecule has 1 fully saturated rings. The second kappa shape index (κ2) is 9.68. The lowest BCUT2D eigenvalue weighted by Gasteiger charge is -2.29. The number of nitrogens with zero attached hydrogens (tertiary/aromatic N) is 3. The predicted octanol–water partition coefficient (Wildman–Crippen LogP) is 3.95. The van der Waals surface area contributed by atoms with E-state index in [9.17, 15) is 4.79 Å². The Morgan fingerprint density at radius 2 is 1.97 bits per heavy atom. The molecule has 1 amide bonds. The van der Waals surface area contributed by atoms with Crippen molar-refractivity contribution in [3.05, 3.63) is 77.5 Å². The molecule has 6 nitrogen and oxygen atoms in total. The van der Waals surface area contributed by atoms with E-state index in [0.29, 0.717) is 38.5 Å². The van der Waals surface area contributed by atoms with E-state index in [1.165, 1.54) is 0 Å². The molecule has 162 valence electrons. The molecule has 1 aromatic carbocycles. The molecule has 2 N–H and O–H groups in total. The van der Waals surface area contributed by atoms with Crippen LogP contribution in [0.3, 0.4) is 0 Å². The number of nitrogens with two attached hydrogens (primary N) is 1. The Morgan fingerprint density at radius 3 is 2.61 bits per heavy atom. The van der Waals surface area contributed by atoms with Crippen LogP contribution in [0, 0.1) is 0 Å². The Morgan fingerprint density at radius 1 is 1.23 bits per heavy atom. The number of allylic oxidation sites excluding steroid dienone is 3. The molecule has 2 aliphatic heterocycles. The first-order valence-electron chi connectivity index (χ1n) is 10.6. The standard InChI is InChI=1S/C24H28N4O2S/c1-3-18-19(4-2)31-20(11-8-12-25)21-22(24(29)27-13-15-30-16-14-27)26-28(23(18)21)17-9-6-5-7-10-17/h3-7,9-10,20H,1-2,8,11-16,25H2. The van der Waals surface area contributed by atoms with Crippen LogP contribution in [0.2, 0.25) is 0 Å². The van der Waals surface area contributed by atoms with E-state index in [0.717, 1.165) is 40.3 Å². The number of hydrogen-bond donors (Lipinski definition) is 1. The first-order chi connectivity index (χ1) is 15.2. The number of morpholine rings is 1. The number of rotatable bonds is 7. The molecular formula is C24H28N4O2S. The van der Waals surface area contributed by atoms with Crippen molar-refractivity contribution in [3.63, 3.8) is 0 Å². The number of benzene rings is 1. The molecule has 1 aromatic heterocycles. The third-order valence-corrected chi connectivity index (χ3v) is 6.99. The van der Waals surface area contributed by atoms with Crippen molar-refractivity contribution in [1.29, 1.82) is 0 Å². The van der Waals surface area contributed by atoms with Crippen molar-refractivity contribution in [1.82, 2.24) is 14.7 Å². The summed E-state index contributed by atoms with van der Waals surface area (Å²) in [5.41, 5.74) is 10.1. The zero-order chi connectivity index (χ0) is 21.8. The normalized spacial score (nSPS) is 18.6. The van der Waals surface area contributed by atoms with Crippen molar-refractivity contribution >= 4 is 23.2 Å². The number of amides is 1. The monoisotopic (exact) mass is 436 g/mol. The van der Waals surface area contributed by atoms with Gasteiger partial charge in [-0.1, -0.05) is 43.5 Å². The van der Waals surface area contributed by atoms with E-state index in [4.69, 9.17) is 15.6 Å². The highest BCUT2D eigenvalue weighted by Gasteiger charge is 2.36. The molecule has 0 aliphatic carbocycles. The lowest BCUT2D eigenvalue weighted by molar-refractivity contribution is 0.0298. The molecule has 7 heteroatoms. The fourth-order valence-electron chi connectivity index (χ4n) is 4.08. The zero-order valence-corrected chi connectivity index (χ0v) is 18.4. The maximum atomic E-state index is 13.6. The molecule has 0 radical (unpaired) electrons. The van der Waals surface area contributed by atoms with Gasteiger partial charge in [0.15, 0.2) is 5.69 Å². The Hall–Kier alpha value is -2.61. The van der Waals surface area contributed by atoms with Gasteiger partial charge in [-0.15, -0.1) is 11.8 Å².